The molecule has 0 saturated heterocycles. The molecule has 3 aromatic carbocycles. The minimum atomic E-state index is -0.0876. The highest BCUT2D eigenvalue weighted by atomic mass is 16.5. The zero-order valence-corrected chi connectivity index (χ0v) is 22.0. The molecule has 0 aliphatic heterocycles. The van der Waals surface area contributed by atoms with Crippen molar-refractivity contribution in [2.24, 2.45) is 0 Å². The van der Waals surface area contributed by atoms with Gasteiger partial charge >= 0.3 is 12.0 Å². The molecule has 0 atom stereocenters. The second-order valence-electron chi connectivity index (χ2n) is 8.82. The van der Waals surface area contributed by atoms with E-state index in [1.54, 1.807) is 18.2 Å². The van der Waals surface area contributed by atoms with Gasteiger partial charge in [0.1, 0.15) is 13.2 Å². The highest BCUT2D eigenvalue weighted by Gasteiger charge is 2.12. The van der Waals surface area contributed by atoms with Crippen molar-refractivity contribution in [3.05, 3.63) is 101 Å². The second kappa shape index (κ2) is 13.7. The molecule has 1 amide bonds. The lowest BCUT2D eigenvalue weighted by Gasteiger charge is -2.13. The van der Waals surface area contributed by atoms with Gasteiger partial charge in [-0.25, -0.2) is 0 Å². The number of nitrogens with one attached hydrogen (secondary N) is 2. The van der Waals surface area contributed by atoms with Gasteiger partial charge in [-0.05, 0) is 46.9 Å². The van der Waals surface area contributed by atoms with Crippen molar-refractivity contribution in [2.75, 3.05) is 13.1 Å². The Morgan fingerprint density at radius 1 is 0.897 bits per heavy atom. The molecule has 0 fully saturated rings. The number of carbonyl (C=O) groups is 1. The van der Waals surface area contributed by atoms with Gasteiger partial charge in [0.25, 0.3) is 0 Å². The summed E-state index contributed by atoms with van der Waals surface area (Å²) in [4.78, 5) is 24.3. The number of benzene rings is 3. The summed E-state index contributed by atoms with van der Waals surface area (Å²) in [6, 6.07) is 25.9. The molecule has 2 N–H and O–H groups in total. The molecule has 0 bridgehead atoms. The summed E-state index contributed by atoms with van der Waals surface area (Å²) >= 11 is 0. The van der Waals surface area contributed by atoms with Crippen LogP contribution in [0.1, 0.15) is 35.0 Å². The fourth-order valence-corrected chi connectivity index (χ4v) is 3.90. The zero-order chi connectivity index (χ0) is 27.5. The molecular weight excluding hydrogens is 492 g/mol. The predicted octanol–water partition coefficient (Wildman–Crippen LogP) is 4.10. The molecule has 39 heavy (non-hydrogen) atoms. The van der Waals surface area contributed by atoms with E-state index in [1.807, 2.05) is 36.4 Å². The van der Waals surface area contributed by atoms with Gasteiger partial charge in [-0.3, -0.25) is 4.79 Å². The molecule has 0 aliphatic rings. The van der Waals surface area contributed by atoms with Crippen LogP contribution in [-0.2, 0) is 24.6 Å². The van der Waals surface area contributed by atoms with Crippen molar-refractivity contribution < 1.29 is 14.3 Å². The van der Waals surface area contributed by atoms with Crippen molar-refractivity contribution in [1.82, 2.24) is 25.6 Å². The van der Waals surface area contributed by atoms with Crippen LogP contribution in [-0.4, -0.2) is 33.9 Å². The Kier molecular flexibility index (Phi) is 9.53. The zero-order valence-electron chi connectivity index (χ0n) is 22.0. The average molecular weight is 523 g/mol. The first-order valence-corrected chi connectivity index (χ1v) is 12.6. The van der Waals surface area contributed by atoms with Gasteiger partial charge in [-0.1, -0.05) is 60.7 Å². The van der Waals surface area contributed by atoms with Gasteiger partial charge in [0.2, 0.25) is 5.91 Å². The normalized spacial score (nSPS) is 10.5. The van der Waals surface area contributed by atoms with Gasteiger partial charge in [0.15, 0.2) is 5.82 Å². The summed E-state index contributed by atoms with van der Waals surface area (Å²) in [6.07, 6.45) is 0. The maximum absolute atomic E-state index is 11.1. The summed E-state index contributed by atoms with van der Waals surface area (Å²) in [5.41, 5.74) is 5.78. The molecule has 1 heterocycles. The Morgan fingerprint density at radius 2 is 1.64 bits per heavy atom. The van der Waals surface area contributed by atoms with Crippen molar-refractivity contribution in [3.63, 3.8) is 0 Å². The molecule has 1 aromatic heterocycles. The van der Waals surface area contributed by atoms with E-state index in [2.05, 4.69) is 56.8 Å². The van der Waals surface area contributed by atoms with Crippen LogP contribution >= 0.6 is 0 Å². The van der Waals surface area contributed by atoms with E-state index in [1.165, 1.54) is 6.92 Å². The van der Waals surface area contributed by atoms with Gasteiger partial charge in [-0.15, -0.1) is 4.98 Å². The number of hydrogen-bond donors (Lipinski definition) is 2. The van der Waals surface area contributed by atoms with Crippen LogP contribution in [0.3, 0.4) is 0 Å². The molecule has 198 valence electrons. The second-order valence-corrected chi connectivity index (χ2v) is 8.82. The first-order valence-electron chi connectivity index (χ1n) is 12.6. The highest BCUT2D eigenvalue weighted by Crippen LogP contribution is 2.26. The van der Waals surface area contributed by atoms with E-state index in [9.17, 15) is 4.79 Å². The van der Waals surface area contributed by atoms with Gasteiger partial charge in [0.05, 0.1) is 18.2 Å². The molecule has 4 aromatic rings. The quantitative estimate of drug-likeness (QED) is 0.267. The largest absolute Gasteiger partial charge is 0.458 e. The first-order chi connectivity index (χ1) is 19.0. The van der Waals surface area contributed by atoms with Crippen molar-refractivity contribution in [1.29, 1.82) is 5.26 Å². The number of nitrogens with zero attached hydrogens (tertiary/aromatic N) is 4. The average Bonchev–Trinajstić information content (AvgIpc) is 2.96. The van der Waals surface area contributed by atoms with E-state index in [4.69, 9.17) is 14.7 Å². The van der Waals surface area contributed by atoms with Crippen LogP contribution in [0.15, 0.2) is 72.8 Å². The smallest absolute Gasteiger partial charge is 0.323 e. The Balaban J connectivity index is 1.49. The topological polar surface area (TPSA) is 122 Å². The van der Waals surface area contributed by atoms with Crippen LogP contribution in [0.25, 0.3) is 11.1 Å². The molecule has 9 nitrogen and oxygen atoms in total. The number of ether oxygens (including phenoxy) is 2. The van der Waals surface area contributed by atoms with Gasteiger partial charge in [0, 0.05) is 20.0 Å². The van der Waals surface area contributed by atoms with E-state index in [0.717, 1.165) is 27.8 Å². The summed E-state index contributed by atoms with van der Waals surface area (Å²) in [7, 11) is 0. The molecule has 0 radical (unpaired) electrons. The molecule has 0 unspecified atom stereocenters. The third kappa shape index (κ3) is 8.09. The fourth-order valence-electron chi connectivity index (χ4n) is 3.90. The number of carbonyl (C=O) groups excluding carboxylic acids is 1. The van der Waals surface area contributed by atoms with Crippen LogP contribution in [0, 0.1) is 18.3 Å². The number of nitriles is 1. The Bertz CT molecular complexity index is 1450. The molecule has 9 heteroatoms. The summed E-state index contributed by atoms with van der Waals surface area (Å²) in [6.45, 7) is 5.37. The van der Waals surface area contributed by atoms with Crippen molar-refractivity contribution >= 4 is 5.91 Å². The monoisotopic (exact) mass is 522 g/mol. The van der Waals surface area contributed by atoms with Crippen LogP contribution in [0.4, 0.5) is 0 Å². The maximum Gasteiger partial charge on any atom is 0.323 e. The summed E-state index contributed by atoms with van der Waals surface area (Å²) in [5, 5.41) is 15.1. The highest BCUT2D eigenvalue weighted by molar-refractivity contribution is 5.72. The van der Waals surface area contributed by atoms with Crippen LogP contribution < -0.4 is 20.1 Å². The molecule has 0 aliphatic carbocycles. The minimum Gasteiger partial charge on any atom is -0.458 e. The van der Waals surface area contributed by atoms with Gasteiger partial charge < -0.3 is 20.1 Å². The lowest BCUT2D eigenvalue weighted by atomic mass is 9.97. The van der Waals surface area contributed by atoms with Gasteiger partial charge in [-0.2, -0.15) is 15.2 Å². The maximum atomic E-state index is 11.1. The Labute approximate surface area is 227 Å². The number of aromatic nitrogens is 3. The summed E-state index contributed by atoms with van der Waals surface area (Å²) in [5.74, 6) is 0.355. The number of hydrogen-bond acceptors (Lipinski definition) is 8. The first kappa shape index (κ1) is 27.2. The lowest BCUT2D eigenvalue weighted by Crippen LogP contribution is -2.30. The van der Waals surface area contributed by atoms with E-state index >= 15 is 0 Å². The molecular formula is C30H30N6O3. The third-order valence-electron chi connectivity index (χ3n) is 5.91. The predicted molar refractivity (Wildman–Crippen MR) is 147 cm³/mol. The SMILES string of the molecule is CC(=O)NCCNCc1nc(OCc2cccc(C#N)c2)nc(OCc2cccc(-c3ccccc3)c2C)n1. The summed E-state index contributed by atoms with van der Waals surface area (Å²) < 4.78 is 11.9. The van der Waals surface area contributed by atoms with E-state index in [0.29, 0.717) is 31.0 Å². The van der Waals surface area contributed by atoms with Crippen molar-refractivity contribution in [3.8, 4) is 29.2 Å². The van der Waals surface area contributed by atoms with E-state index in [-0.39, 0.29) is 31.1 Å². The molecule has 0 saturated carbocycles. The van der Waals surface area contributed by atoms with E-state index < -0.39 is 0 Å². The van der Waals surface area contributed by atoms with Crippen LogP contribution in [0.2, 0.25) is 0 Å². The van der Waals surface area contributed by atoms with Crippen LogP contribution in [0.5, 0.6) is 12.0 Å². The fraction of sp³-hybridized carbons (Fsp3) is 0.233. The molecule has 0 spiro atoms. The standard InChI is InChI=1S/C30H30N6O3/c1-21-26(12-7-13-27(21)25-10-4-3-5-11-25)20-39-30-35-28(18-32-14-15-33-22(2)37)34-29(36-30)38-19-24-9-6-8-23(16-24)17-31/h3-13,16,32H,14-15,18-20H2,1-2H3,(H,33,37). The van der Waals surface area contributed by atoms with Crippen molar-refractivity contribution in [2.45, 2.75) is 33.6 Å². The third-order valence-corrected chi connectivity index (χ3v) is 5.91. The number of amides is 1. The Hall–Kier alpha value is -4.81. The number of rotatable bonds is 12. The minimum absolute atomic E-state index is 0.0876. The molecule has 4 rings (SSSR count). The Morgan fingerprint density at radius 3 is 2.38 bits per heavy atom. The lowest BCUT2D eigenvalue weighted by molar-refractivity contribution is -0.118.